The summed E-state index contributed by atoms with van der Waals surface area (Å²) in [7, 11) is -7.80. The first-order chi connectivity index (χ1) is 19.8. The van der Waals surface area contributed by atoms with Gasteiger partial charge in [0.15, 0.2) is 0 Å². The van der Waals surface area contributed by atoms with E-state index in [0.717, 1.165) is 66.0 Å². The quantitative estimate of drug-likeness (QED) is 0.287. The van der Waals surface area contributed by atoms with Crippen LogP contribution in [0.5, 0.6) is 0 Å². The number of rotatable bonds is 8. The zero-order chi connectivity index (χ0) is 30.4. The maximum absolute atomic E-state index is 12.5. The summed E-state index contributed by atoms with van der Waals surface area (Å²) >= 11 is 0. The Morgan fingerprint density at radius 1 is 0.762 bits per heavy atom. The summed E-state index contributed by atoms with van der Waals surface area (Å²) in [5.74, 6) is 0. The van der Waals surface area contributed by atoms with Crippen molar-refractivity contribution in [2.75, 3.05) is 0 Å². The summed E-state index contributed by atoms with van der Waals surface area (Å²) < 4.78 is 103. The molecule has 4 aromatic heterocycles. The van der Waals surface area contributed by atoms with Crippen LogP contribution < -0.4 is 5.32 Å². The van der Waals surface area contributed by atoms with Crippen molar-refractivity contribution in [3.8, 4) is 0 Å². The molecule has 2 aliphatic rings. The molecule has 0 bridgehead atoms. The van der Waals surface area contributed by atoms with Gasteiger partial charge in [-0.15, -0.1) is 0 Å². The third-order valence-corrected chi connectivity index (χ3v) is 10.2. The Morgan fingerprint density at radius 2 is 1.26 bits per heavy atom. The first-order valence-electron chi connectivity index (χ1n) is 12.8. The fraction of sp³-hybridized carbons (Fsp3) is 0.478. The minimum absolute atomic E-state index is 0.0932. The number of nitrogens with zero attached hydrogens (tertiary/aromatic N) is 8. The van der Waals surface area contributed by atoms with E-state index in [-0.39, 0.29) is 21.2 Å². The van der Waals surface area contributed by atoms with Crippen LogP contribution in [-0.4, -0.2) is 67.6 Å². The molecule has 42 heavy (non-hydrogen) atoms. The normalized spacial score (nSPS) is 14.9. The summed E-state index contributed by atoms with van der Waals surface area (Å²) in [4.78, 5) is -0.207. The van der Waals surface area contributed by atoms with Crippen LogP contribution in [0.15, 0.2) is 34.6 Å². The maximum Gasteiger partial charge on any atom is 0.286 e. The van der Waals surface area contributed by atoms with Crippen molar-refractivity contribution in [3.05, 3.63) is 58.7 Å². The lowest BCUT2D eigenvalue weighted by atomic mass is 10.3. The molecule has 19 heteroatoms. The maximum atomic E-state index is 12.5. The fourth-order valence-electron chi connectivity index (χ4n) is 4.76. The molecular formula is C23H27F4N9O4S2. The molecule has 1 aliphatic carbocycles. The molecule has 0 unspecified atom stereocenters. The van der Waals surface area contributed by atoms with Gasteiger partial charge in [-0.05, 0) is 38.7 Å². The van der Waals surface area contributed by atoms with E-state index in [9.17, 15) is 34.4 Å². The van der Waals surface area contributed by atoms with E-state index in [4.69, 9.17) is 0 Å². The monoisotopic (exact) mass is 633 g/mol. The van der Waals surface area contributed by atoms with Crippen LogP contribution in [0.4, 0.5) is 17.6 Å². The minimum atomic E-state index is -3.91. The van der Waals surface area contributed by atoms with Gasteiger partial charge in [0.2, 0.25) is 0 Å². The van der Waals surface area contributed by atoms with Gasteiger partial charge in [-0.2, -0.15) is 45.4 Å². The number of fused-ring (bicyclic) bond motifs is 2. The average molecular weight is 634 g/mol. The van der Waals surface area contributed by atoms with Crippen molar-refractivity contribution in [1.82, 2.24) is 43.2 Å². The van der Waals surface area contributed by atoms with Crippen LogP contribution in [0, 0.1) is 13.8 Å². The van der Waals surface area contributed by atoms with Crippen LogP contribution in [-0.2, 0) is 59.1 Å². The third kappa shape index (κ3) is 5.59. The molecule has 4 aromatic rings. The first kappa shape index (κ1) is 29.9. The molecule has 0 amide bonds. The van der Waals surface area contributed by atoms with Crippen molar-refractivity contribution in [2.45, 2.75) is 81.9 Å². The van der Waals surface area contributed by atoms with Crippen LogP contribution in [0.3, 0.4) is 0 Å². The van der Waals surface area contributed by atoms with Crippen LogP contribution >= 0.6 is 0 Å². The average Bonchev–Trinajstić information content (AvgIpc) is 3.71. The van der Waals surface area contributed by atoms with E-state index in [1.807, 2.05) is 0 Å². The van der Waals surface area contributed by atoms with E-state index in [1.165, 1.54) is 26.2 Å². The molecule has 13 nitrogen and oxygen atoms in total. The van der Waals surface area contributed by atoms with Gasteiger partial charge in [0.1, 0.15) is 22.9 Å². The van der Waals surface area contributed by atoms with E-state index in [2.05, 4.69) is 25.7 Å². The van der Waals surface area contributed by atoms with Crippen molar-refractivity contribution in [1.29, 1.82) is 0 Å². The molecule has 0 spiro atoms. The second-order valence-electron chi connectivity index (χ2n) is 9.75. The minimum Gasteiger partial charge on any atom is -0.307 e. The smallest absolute Gasteiger partial charge is 0.286 e. The van der Waals surface area contributed by atoms with E-state index < -0.39 is 46.0 Å². The predicted molar refractivity (Wildman–Crippen MR) is 138 cm³/mol. The van der Waals surface area contributed by atoms with Crippen LogP contribution in [0.1, 0.15) is 40.3 Å². The Hall–Kier alpha value is -3.58. The zero-order valence-corrected chi connectivity index (χ0v) is 24.1. The Kier molecular flexibility index (Phi) is 8.01. The number of hydrogen-bond acceptors (Lipinski definition) is 9. The predicted octanol–water partition coefficient (Wildman–Crippen LogP) is 1.87. The largest absolute Gasteiger partial charge is 0.307 e. The van der Waals surface area contributed by atoms with E-state index in [1.54, 1.807) is 0 Å². The molecule has 228 valence electrons. The molecule has 0 saturated heterocycles. The summed E-state index contributed by atoms with van der Waals surface area (Å²) in [6.45, 7) is 2.72. The highest BCUT2D eigenvalue weighted by Crippen LogP contribution is 2.24. The second kappa shape index (κ2) is 11.3. The van der Waals surface area contributed by atoms with Crippen molar-refractivity contribution in [3.63, 3.8) is 0 Å². The molecule has 0 saturated carbocycles. The lowest BCUT2D eigenvalue weighted by molar-refractivity contribution is 0.120. The van der Waals surface area contributed by atoms with Crippen LogP contribution in [0.25, 0.3) is 0 Å². The van der Waals surface area contributed by atoms with Crippen molar-refractivity contribution in [2.24, 2.45) is 0 Å². The van der Waals surface area contributed by atoms with E-state index in [0.29, 0.717) is 18.8 Å². The highest BCUT2D eigenvalue weighted by Gasteiger charge is 2.28. The summed E-state index contributed by atoms with van der Waals surface area (Å²) in [5, 5.41) is 18.6. The van der Waals surface area contributed by atoms with Gasteiger partial charge in [-0.1, -0.05) is 0 Å². The Labute approximate surface area is 238 Å². The number of alkyl halides is 4. The number of aromatic nitrogens is 8. The molecule has 0 radical (unpaired) electrons. The standard InChI is InChI=1S/C12H14F2N4O2S.C11H13F2N5O2S/c1-8-11(5-15-17(8)7-12(13)14)21(19,20)18-6-9-3-2-4-10(9)16-18;1-7-10(4-15-17(7)6-11(12)13)21(19,20)18-5-8-2-14-3-9(8)16-18/h5-6,12H,2-4,7H2,1H3;4-5,11,14H,2-3,6H2,1H3. The highest BCUT2D eigenvalue weighted by atomic mass is 32.2. The van der Waals surface area contributed by atoms with Gasteiger partial charge >= 0.3 is 0 Å². The Bertz CT molecular complexity index is 1650. The first-order valence-corrected chi connectivity index (χ1v) is 15.6. The van der Waals surface area contributed by atoms with Gasteiger partial charge in [-0.3, -0.25) is 9.36 Å². The summed E-state index contributed by atoms with van der Waals surface area (Å²) in [5.41, 5.74) is 3.56. The van der Waals surface area contributed by atoms with Crippen molar-refractivity contribution >= 4 is 20.0 Å². The van der Waals surface area contributed by atoms with Crippen LogP contribution in [0.2, 0.25) is 0 Å². The molecule has 1 aliphatic heterocycles. The Morgan fingerprint density at radius 3 is 1.74 bits per heavy atom. The summed E-state index contributed by atoms with van der Waals surface area (Å²) in [6.07, 6.45) is 2.49. The number of hydrogen-bond donors (Lipinski definition) is 1. The molecule has 5 heterocycles. The number of nitrogens with one attached hydrogen (secondary N) is 1. The highest BCUT2D eigenvalue weighted by molar-refractivity contribution is 7.90. The Balaban J connectivity index is 0.000000168. The number of aryl methyl sites for hydroxylation is 2. The van der Waals surface area contributed by atoms with E-state index >= 15 is 0 Å². The van der Waals surface area contributed by atoms with Gasteiger partial charge in [0, 0.05) is 31.0 Å². The lowest BCUT2D eigenvalue weighted by Gasteiger charge is -2.06. The topological polar surface area (TPSA) is 152 Å². The molecule has 0 fully saturated rings. The van der Waals surface area contributed by atoms with Gasteiger partial charge in [0.25, 0.3) is 32.9 Å². The zero-order valence-electron chi connectivity index (χ0n) is 22.5. The van der Waals surface area contributed by atoms with Gasteiger partial charge in [0.05, 0.1) is 35.2 Å². The number of halogens is 4. The second-order valence-corrected chi connectivity index (χ2v) is 13.3. The van der Waals surface area contributed by atoms with Crippen molar-refractivity contribution < 1.29 is 34.4 Å². The third-order valence-electron chi connectivity index (χ3n) is 6.97. The molecule has 1 N–H and O–H groups in total. The molecule has 0 atom stereocenters. The molecule has 6 rings (SSSR count). The van der Waals surface area contributed by atoms with Gasteiger partial charge < -0.3 is 5.32 Å². The molecular weight excluding hydrogens is 606 g/mol. The fourth-order valence-corrected chi connectivity index (χ4v) is 7.43. The van der Waals surface area contributed by atoms with Gasteiger partial charge in [-0.25, -0.2) is 17.6 Å². The molecule has 0 aromatic carbocycles. The lowest BCUT2D eigenvalue weighted by Crippen LogP contribution is -2.17. The summed E-state index contributed by atoms with van der Waals surface area (Å²) in [6, 6.07) is 0. The SMILES string of the molecule is Cc1c(S(=O)(=O)n2cc3c(n2)CCC3)cnn1CC(F)F.Cc1c(S(=O)(=O)n2cc3c(n2)CNC3)cnn1CC(F)F.